The summed E-state index contributed by atoms with van der Waals surface area (Å²) >= 11 is 0. The number of aryl methyl sites for hydroxylation is 1. The fraction of sp³-hybridized carbons (Fsp3) is 0.643. The third-order valence-electron chi connectivity index (χ3n) is 3.69. The van der Waals surface area contributed by atoms with E-state index in [9.17, 15) is 0 Å². The summed E-state index contributed by atoms with van der Waals surface area (Å²) < 4.78 is 0. The lowest BCUT2D eigenvalue weighted by Crippen LogP contribution is -2.32. The zero-order valence-electron chi connectivity index (χ0n) is 11.4. The van der Waals surface area contributed by atoms with Crippen LogP contribution in [0.3, 0.4) is 0 Å². The van der Waals surface area contributed by atoms with Crippen molar-refractivity contribution in [2.24, 2.45) is 0 Å². The molecule has 1 unspecified atom stereocenters. The molecule has 3 nitrogen and oxygen atoms in total. The molecule has 18 heavy (non-hydrogen) atoms. The third-order valence-corrected chi connectivity index (χ3v) is 3.69. The monoisotopic (exact) mass is 269 g/mol. The van der Waals surface area contributed by atoms with Gasteiger partial charge in [-0.3, -0.25) is 9.88 Å². The normalized spacial score (nSPS) is 20.3. The van der Waals surface area contributed by atoms with Crippen LogP contribution < -0.4 is 5.32 Å². The molecule has 102 valence electrons. The summed E-state index contributed by atoms with van der Waals surface area (Å²) in [5.74, 6) is 0. The molecule has 0 amide bonds. The van der Waals surface area contributed by atoms with Gasteiger partial charge >= 0.3 is 0 Å². The van der Waals surface area contributed by atoms with Crippen molar-refractivity contribution in [3.05, 3.63) is 29.6 Å². The molecule has 2 rings (SSSR count). The van der Waals surface area contributed by atoms with Gasteiger partial charge in [-0.2, -0.15) is 0 Å². The Morgan fingerprint density at radius 3 is 3.00 bits per heavy atom. The molecule has 1 aromatic heterocycles. The Morgan fingerprint density at radius 1 is 1.39 bits per heavy atom. The van der Waals surface area contributed by atoms with E-state index in [4.69, 9.17) is 0 Å². The molecule has 0 aromatic carbocycles. The lowest BCUT2D eigenvalue weighted by atomic mass is 10.1. The Kier molecular flexibility index (Phi) is 6.61. The molecule has 0 aliphatic carbocycles. The average Bonchev–Trinajstić information content (AvgIpc) is 2.61. The van der Waals surface area contributed by atoms with Gasteiger partial charge in [-0.25, -0.2) is 0 Å². The highest BCUT2D eigenvalue weighted by atomic mass is 35.5. The van der Waals surface area contributed by atoms with Gasteiger partial charge in [-0.1, -0.05) is 6.07 Å². The van der Waals surface area contributed by atoms with Crippen LogP contribution in [0, 0.1) is 6.92 Å². The maximum atomic E-state index is 4.48. The molecule has 0 radical (unpaired) electrons. The molecule has 1 aromatic rings. The van der Waals surface area contributed by atoms with Gasteiger partial charge in [0.15, 0.2) is 0 Å². The van der Waals surface area contributed by atoms with Crippen LogP contribution in [-0.2, 0) is 6.54 Å². The lowest BCUT2D eigenvalue weighted by Gasteiger charge is -2.26. The summed E-state index contributed by atoms with van der Waals surface area (Å²) in [6.07, 6.45) is 5.73. The van der Waals surface area contributed by atoms with Gasteiger partial charge in [0.05, 0.1) is 5.69 Å². The van der Waals surface area contributed by atoms with Crippen molar-refractivity contribution >= 4 is 12.4 Å². The Bertz CT molecular complexity index is 349. The highest BCUT2D eigenvalue weighted by Gasteiger charge is 2.17. The van der Waals surface area contributed by atoms with Crippen molar-refractivity contribution in [2.75, 3.05) is 20.1 Å². The van der Waals surface area contributed by atoms with Crippen LogP contribution in [0.15, 0.2) is 18.3 Å². The second kappa shape index (κ2) is 7.72. The first-order valence-corrected chi connectivity index (χ1v) is 6.59. The van der Waals surface area contributed by atoms with Gasteiger partial charge < -0.3 is 5.32 Å². The van der Waals surface area contributed by atoms with Crippen LogP contribution in [0.2, 0.25) is 0 Å². The number of hydrogen-bond acceptors (Lipinski definition) is 3. The Morgan fingerprint density at radius 2 is 2.22 bits per heavy atom. The minimum atomic E-state index is 0. The highest BCUT2D eigenvalue weighted by molar-refractivity contribution is 5.85. The van der Waals surface area contributed by atoms with Crippen molar-refractivity contribution < 1.29 is 0 Å². The van der Waals surface area contributed by atoms with E-state index in [1.54, 1.807) is 0 Å². The molecular weight excluding hydrogens is 246 g/mol. The van der Waals surface area contributed by atoms with Gasteiger partial charge in [0.25, 0.3) is 0 Å². The Labute approximate surface area is 116 Å². The summed E-state index contributed by atoms with van der Waals surface area (Å²) in [5.41, 5.74) is 2.51. The van der Waals surface area contributed by atoms with Crippen LogP contribution in [0.4, 0.5) is 0 Å². The fourth-order valence-corrected chi connectivity index (χ4v) is 2.49. The number of aromatic nitrogens is 1. The third kappa shape index (κ3) is 4.23. The van der Waals surface area contributed by atoms with Crippen molar-refractivity contribution in [3.63, 3.8) is 0 Å². The van der Waals surface area contributed by atoms with E-state index >= 15 is 0 Å². The summed E-state index contributed by atoms with van der Waals surface area (Å²) in [4.78, 5) is 6.94. The first kappa shape index (κ1) is 15.4. The van der Waals surface area contributed by atoms with Crippen LogP contribution in [-0.4, -0.2) is 36.1 Å². The minimum absolute atomic E-state index is 0. The fourth-order valence-electron chi connectivity index (χ4n) is 2.49. The standard InChI is InChI=1S/C14H23N3.ClH/c1-12-5-3-9-16-14(12)11-17(2)13-6-4-8-15-10-7-13;/h3,5,9,13,15H,4,6-8,10-11H2,1-2H3;1H. The largest absolute Gasteiger partial charge is 0.317 e. The second-order valence-corrected chi connectivity index (χ2v) is 5.02. The van der Waals surface area contributed by atoms with Gasteiger partial charge in [0, 0.05) is 18.8 Å². The molecule has 2 heterocycles. The average molecular weight is 270 g/mol. The summed E-state index contributed by atoms with van der Waals surface area (Å²) in [6, 6.07) is 4.85. The summed E-state index contributed by atoms with van der Waals surface area (Å²) in [7, 11) is 2.23. The van der Waals surface area contributed by atoms with Crippen LogP contribution >= 0.6 is 12.4 Å². The topological polar surface area (TPSA) is 28.2 Å². The molecule has 1 saturated heterocycles. The van der Waals surface area contributed by atoms with E-state index in [0.29, 0.717) is 6.04 Å². The maximum absolute atomic E-state index is 4.48. The van der Waals surface area contributed by atoms with E-state index in [-0.39, 0.29) is 12.4 Å². The number of rotatable bonds is 3. The molecule has 1 aliphatic rings. The minimum Gasteiger partial charge on any atom is -0.317 e. The zero-order chi connectivity index (χ0) is 12.1. The van der Waals surface area contributed by atoms with Crippen molar-refractivity contribution in [3.8, 4) is 0 Å². The SMILES string of the molecule is Cc1cccnc1CN(C)C1CCCNCC1.Cl. The van der Waals surface area contributed by atoms with E-state index in [0.717, 1.165) is 13.1 Å². The smallest absolute Gasteiger partial charge is 0.0573 e. The Balaban J connectivity index is 0.00000162. The van der Waals surface area contributed by atoms with Crippen molar-refractivity contribution in [2.45, 2.75) is 38.8 Å². The number of halogens is 1. The van der Waals surface area contributed by atoms with E-state index < -0.39 is 0 Å². The molecule has 1 aliphatic heterocycles. The molecule has 1 fully saturated rings. The van der Waals surface area contributed by atoms with Crippen molar-refractivity contribution in [1.82, 2.24) is 15.2 Å². The molecule has 4 heteroatoms. The predicted octanol–water partition coefficient (Wildman–Crippen LogP) is 2.39. The van der Waals surface area contributed by atoms with E-state index in [1.807, 2.05) is 12.3 Å². The lowest BCUT2D eigenvalue weighted by molar-refractivity contribution is 0.214. The summed E-state index contributed by atoms with van der Waals surface area (Å²) in [5, 5.41) is 3.47. The zero-order valence-corrected chi connectivity index (χ0v) is 12.2. The molecule has 0 spiro atoms. The quantitative estimate of drug-likeness (QED) is 0.913. The van der Waals surface area contributed by atoms with Gasteiger partial charge in [-0.15, -0.1) is 12.4 Å². The molecular formula is C14H24ClN3. The van der Waals surface area contributed by atoms with E-state index in [1.165, 1.54) is 37.1 Å². The molecule has 0 saturated carbocycles. The van der Waals surface area contributed by atoms with Crippen LogP contribution in [0.25, 0.3) is 0 Å². The van der Waals surface area contributed by atoms with Crippen molar-refractivity contribution in [1.29, 1.82) is 0 Å². The first-order chi connectivity index (χ1) is 8.27. The van der Waals surface area contributed by atoms with Gasteiger partial charge in [0.1, 0.15) is 0 Å². The highest BCUT2D eigenvalue weighted by Crippen LogP contribution is 2.15. The second-order valence-electron chi connectivity index (χ2n) is 5.02. The number of nitrogens with one attached hydrogen (secondary N) is 1. The summed E-state index contributed by atoms with van der Waals surface area (Å²) in [6.45, 7) is 5.44. The first-order valence-electron chi connectivity index (χ1n) is 6.59. The number of nitrogens with zero attached hydrogens (tertiary/aromatic N) is 2. The molecule has 1 N–H and O–H groups in total. The molecule has 1 atom stereocenters. The van der Waals surface area contributed by atoms with Crippen LogP contribution in [0.5, 0.6) is 0 Å². The number of pyridine rings is 1. The van der Waals surface area contributed by atoms with Crippen LogP contribution in [0.1, 0.15) is 30.5 Å². The predicted molar refractivity (Wildman–Crippen MR) is 78.2 cm³/mol. The van der Waals surface area contributed by atoms with Gasteiger partial charge in [-0.05, 0) is 58.0 Å². The molecule has 0 bridgehead atoms. The Hall–Kier alpha value is -0.640. The van der Waals surface area contributed by atoms with E-state index in [2.05, 4.69) is 35.2 Å². The maximum Gasteiger partial charge on any atom is 0.0573 e. The number of hydrogen-bond donors (Lipinski definition) is 1. The van der Waals surface area contributed by atoms with Gasteiger partial charge in [0.2, 0.25) is 0 Å².